The maximum absolute atomic E-state index is 13.8. The van der Waals surface area contributed by atoms with Gasteiger partial charge in [-0.1, -0.05) is 40.9 Å². The minimum Gasteiger partial charge on any atom is -0.744 e. The monoisotopic (exact) mass is 1400 g/mol. The van der Waals surface area contributed by atoms with Gasteiger partial charge >= 0.3 is 308 Å². The molecule has 0 spiro atoms. The number of carboxylic acid groups (broad SMARTS) is 4. The summed E-state index contributed by atoms with van der Waals surface area (Å²) in [5.41, 5.74) is -1.66. The van der Waals surface area contributed by atoms with E-state index in [0.717, 1.165) is 18.2 Å². The second-order valence-electron chi connectivity index (χ2n) is 18.2. The second kappa shape index (κ2) is 33.0. The van der Waals surface area contributed by atoms with E-state index in [4.69, 9.17) is 4.42 Å². The van der Waals surface area contributed by atoms with Crippen LogP contribution in [-0.2, 0) is 40.3 Å². The average Bonchev–Trinajstić information content (AvgIpc) is 1.35. The van der Waals surface area contributed by atoms with Gasteiger partial charge in [-0.3, -0.25) is 9.44 Å². The number of aryl methyl sites for hydroxylation is 4. The molecule has 0 radical (unpaired) electrons. The fourth-order valence-electron chi connectivity index (χ4n) is 9.12. The van der Waals surface area contributed by atoms with E-state index in [2.05, 4.69) is 25.8 Å². The zero-order chi connectivity index (χ0) is 58.9. The quantitative estimate of drug-likeness (QED) is 0.0302. The number of fused-ring (bicyclic) bond motifs is 2. The Kier molecular flexibility index (Phi) is 31.8. The number of carbonyl (C=O) groups is 4. The molecule has 4 N–H and O–H groups in total. The molecule has 2 aliphatic rings. The number of carboxylic acids is 4. The van der Waals surface area contributed by atoms with Crippen LogP contribution < -0.4 is 354 Å². The van der Waals surface area contributed by atoms with E-state index < -0.39 is 111 Å². The van der Waals surface area contributed by atoms with Crippen LogP contribution in [0.2, 0.25) is 0 Å². The molecule has 414 valence electrons. The van der Waals surface area contributed by atoms with Crippen LogP contribution in [0.25, 0.3) is 33.4 Å². The molecule has 0 bridgehead atoms. The number of sulfonamides is 2. The summed E-state index contributed by atoms with van der Waals surface area (Å²) in [5, 5.41) is 49.5. The zero-order valence-electron chi connectivity index (χ0n) is 48.1. The Morgan fingerprint density at radius 3 is 1.38 bits per heavy atom. The van der Waals surface area contributed by atoms with Crippen molar-refractivity contribution >= 4 is 104 Å². The number of rotatable bonds is 16. The van der Waals surface area contributed by atoms with E-state index in [1.54, 1.807) is 26.8 Å². The molecule has 0 fully saturated rings. The maximum atomic E-state index is 13.8. The molecule has 8 rings (SSSR count). The van der Waals surface area contributed by atoms with Gasteiger partial charge in [0.2, 0.25) is 11.0 Å². The first-order chi connectivity index (χ1) is 37.2. The molecule has 0 amide bonds. The van der Waals surface area contributed by atoms with Crippen molar-refractivity contribution in [3.8, 4) is 22.5 Å². The largest absolute Gasteiger partial charge is 1.00 e. The molecular weight excluding hydrogens is 1360 g/mol. The van der Waals surface area contributed by atoms with Gasteiger partial charge in [-0.25, -0.2) is 38.7 Å². The van der Waals surface area contributed by atoms with Crippen molar-refractivity contribution < 1.29 is 400 Å². The number of anilines is 4. The van der Waals surface area contributed by atoms with Crippen LogP contribution in [0, 0.1) is 47.6 Å². The second-order valence-corrected chi connectivity index (χ2v) is 24.3. The smallest absolute Gasteiger partial charge is 0.744 e. The summed E-state index contributed by atoms with van der Waals surface area (Å²) in [6.45, 7) is 9.21. The molecule has 1 aliphatic heterocycles. The van der Waals surface area contributed by atoms with E-state index in [0.29, 0.717) is 53.1 Å². The number of carbonyl (C=O) groups excluding carboxylic acids is 4. The van der Waals surface area contributed by atoms with Crippen molar-refractivity contribution in [3.63, 3.8) is 0 Å². The van der Waals surface area contributed by atoms with Crippen LogP contribution in [0.1, 0.15) is 74.8 Å². The van der Waals surface area contributed by atoms with Gasteiger partial charge in [-0.05, 0) is 146 Å². The summed E-state index contributed by atoms with van der Waals surface area (Å²) in [4.78, 5) is 46.4. The summed E-state index contributed by atoms with van der Waals surface area (Å²) in [5.74, 6) is -7.73. The van der Waals surface area contributed by atoms with Gasteiger partial charge in [0, 0.05) is 28.0 Å². The van der Waals surface area contributed by atoms with Crippen molar-refractivity contribution in [2.24, 2.45) is 0 Å². The van der Waals surface area contributed by atoms with Crippen molar-refractivity contribution in [2.75, 3.05) is 14.8 Å². The molecule has 86 heavy (non-hydrogen) atoms. The van der Waals surface area contributed by atoms with Crippen LogP contribution in [0.4, 0.5) is 28.4 Å². The molecule has 0 saturated heterocycles. The number of aromatic carboxylic acids is 4. The van der Waals surface area contributed by atoms with E-state index in [1.165, 1.54) is 57.2 Å². The Labute approximate surface area is 749 Å². The van der Waals surface area contributed by atoms with E-state index in [-0.39, 0.29) is 387 Å². The first kappa shape index (κ1) is 82.9. The van der Waals surface area contributed by atoms with Crippen molar-refractivity contribution in [1.82, 2.24) is 0 Å². The topological polar surface area (TPSA) is 406 Å². The predicted molar refractivity (Wildman–Crippen MR) is 273 cm³/mol. The summed E-state index contributed by atoms with van der Waals surface area (Å²) < 4.78 is 145. The minimum absolute atomic E-state index is 0. The van der Waals surface area contributed by atoms with Crippen LogP contribution >= 0.6 is 0 Å². The van der Waals surface area contributed by atoms with Crippen molar-refractivity contribution in [3.05, 3.63) is 164 Å². The Hall–Kier alpha value is 0.828. The molecule has 1 heterocycles. The van der Waals surface area contributed by atoms with Crippen LogP contribution in [0.3, 0.4) is 0 Å². The van der Waals surface area contributed by atoms with Gasteiger partial charge in [-0.15, -0.1) is 6.07 Å². The average molecular weight is 1400 g/mol. The SMILES string of the molecule is Cc1cc(C)c(NS(=O)(=O)c2cc(C(=O)[O-])cc(C(=O)[O-])c2)c(C)c1Nc1[c-]cc2c(-c3ccccc3S(=O)(=O)[O-])c3cc(S(=O)(=O)[O-])c(=[NH+]c4c(C)cc(C)c(NS(=O)(=O)c5cc(C(=O)[O-])cc(C(=O)[O-])c5)c4C)cc-3oc2c1.[K+].[K+].[K+].[K+].[K+].[K+]. The Balaban J connectivity index is 0.00000420. The third-order valence-corrected chi connectivity index (χ3v) is 17.2. The molecule has 0 atom stereocenters. The standard InChI is InChI=1S/C53H43N4O19S4.6K/c1-24-13-26(3)48(56-77(66,67)35-17-30(50(58)59)15-31(18-35)51(60)61)28(5)46(24)54-34-11-12-37-41(21-34)76-42-23-40(44(80(73,74)75)22-39(42)45(37)38-9-7-8-10-43(38)79(70,71)72)55-47-25(2)14-27(4)49(29(47)6)57-78(68,69)36-19-32(52(62)63)16-33(20-36)53(64)65;;;;;;/h7-10,12-23,54,56-57H,1-6H3,(H,58,59)(H,60,61)(H,62,63)(H,64,65)(H,70,71,72)(H,73,74,75);;;;;;/q-1;6*+1/p-5. The van der Waals surface area contributed by atoms with Crippen LogP contribution in [0.5, 0.6) is 0 Å². The minimum atomic E-state index is -5.53. The molecule has 0 unspecified atom stereocenters. The van der Waals surface area contributed by atoms with E-state index in [9.17, 15) is 82.4 Å². The summed E-state index contributed by atoms with van der Waals surface area (Å²) in [7, 11) is -20.3. The van der Waals surface area contributed by atoms with Crippen LogP contribution in [-0.4, -0.2) is 66.7 Å². The summed E-state index contributed by atoms with van der Waals surface area (Å²) >= 11 is 0. The van der Waals surface area contributed by atoms with Crippen LogP contribution in [0.15, 0.2) is 121 Å². The Morgan fingerprint density at radius 2 is 0.930 bits per heavy atom. The van der Waals surface area contributed by atoms with Gasteiger partial charge in [0.05, 0.1) is 56.0 Å². The maximum Gasteiger partial charge on any atom is 1.00 e. The Bertz CT molecular complexity index is 4540. The third kappa shape index (κ3) is 18.6. The molecular formula is C53H38K6N4O19S4. The first-order valence-electron chi connectivity index (χ1n) is 22.9. The van der Waals surface area contributed by atoms with Gasteiger partial charge in [0.25, 0.3) is 20.0 Å². The van der Waals surface area contributed by atoms with Gasteiger partial charge in [0.1, 0.15) is 30.9 Å². The number of benzene rings is 7. The molecule has 0 saturated carbocycles. The van der Waals surface area contributed by atoms with Gasteiger partial charge < -0.3 is 58.4 Å². The van der Waals surface area contributed by atoms with Gasteiger partial charge in [-0.2, -0.15) is 12.1 Å². The number of hydrogen-bond acceptors (Lipinski definition) is 20. The number of hydrogen-bond donors (Lipinski definition) is 4. The predicted octanol–water partition coefficient (Wildman–Crippen LogP) is -17.2. The van der Waals surface area contributed by atoms with Gasteiger partial charge in [0.15, 0.2) is 0 Å². The fraction of sp³-hybridized carbons (Fsp3) is 0.113. The number of nitrogens with one attached hydrogen (secondary N) is 4. The molecule has 23 nitrogen and oxygen atoms in total. The first-order valence-corrected chi connectivity index (χ1v) is 28.7. The zero-order valence-corrected chi connectivity index (χ0v) is 70.1. The van der Waals surface area contributed by atoms with Crippen molar-refractivity contribution in [1.29, 1.82) is 0 Å². The van der Waals surface area contributed by atoms with Crippen molar-refractivity contribution in [2.45, 2.75) is 61.1 Å². The fourth-order valence-corrected chi connectivity index (χ4v) is 13.0. The summed E-state index contributed by atoms with van der Waals surface area (Å²) in [6.07, 6.45) is 0. The van der Waals surface area contributed by atoms with E-state index >= 15 is 0 Å². The molecule has 0 aromatic heterocycles. The molecule has 1 aliphatic carbocycles. The molecule has 33 heteroatoms. The molecule has 6 aromatic carbocycles. The summed E-state index contributed by atoms with van der Waals surface area (Å²) in [6, 6.07) is 19.7. The third-order valence-electron chi connectivity index (χ3n) is 12.8. The molecule has 6 aromatic rings. The van der Waals surface area contributed by atoms with E-state index in [1.807, 2.05) is 0 Å². The Morgan fingerprint density at radius 1 is 0.500 bits per heavy atom. The normalized spacial score (nSPS) is 11.5.